The number of halogens is 1. The first-order chi connectivity index (χ1) is 10.3. The number of rotatable bonds is 3. The standard InChI is InChI=1S/C17H23BrN2O/c18-14-8-2-3-9-15(14)19-12-17(21)20-11-5-7-13-6-1-4-10-16(13)20/h2-3,8-9,13,16,19H,1,4-7,10-12H2. The summed E-state index contributed by atoms with van der Waals surface area (Å²) in [6.45, 7) is 1.34. The zero-order chi connectivity index (χ0) is 14.7. The quantitative estimate of drug-likeness (QED) is 0.891. The van der Waals surface area contributed by atoms with Crippen LogP contribution in [-0.2, 0) is 4.79 Å². The first kappa shape index (κ1) is 14.9. The largest absolute Gasteiger partial charge is 0.375 e. The second kappa shape index (κ2) is 6.82. The predicted octanol–water partition coefficient (Wildman–Crippen LogP) is 4.04. The van der Waals surface area contributed by atoms with Gasteiger partial charge in [-0.25, -0.2) is 0 Å². The number of likely N-dealkylation sites (tertiary alicyclic amines) is 1. The molecule has 1 saturated heterocycles. The van der Waals surface area contributed by atoms with E-state index in [1.54, 1.807) is 0 Å². The number of anilines is 1. The third-order valence-electron chi connectivity index (χ3n) is 4.87. The number of benzene rings is 1. The van der Waals surface area contributed by atoms with E-state index in [-0.39, 0.29) is 5.91 Å². The number of amides is 1. The van der Waals surface area contributed by atoms with Crippen molar-refractivity contribution in [2.24, 2.45) is 5.92 Å². The number of carbonyl (C=O) groups excluding carboxylic acids is 1. The lowest BCUT2D eigenvalue weighted by atomic mass is 9.78. The molecule has 1 saturated carbocycles. The summed E-state index contributed by atoms with van der Waals surface area (Å²) < 4.78 is 1.01. The molecule has 4 heteroatoms. The normalized spacial score (nSPS) is 25.3. The van der Waals surface area contributed by atoms with Crippen LogP contribution in [0.2, 0.25) is 0 Å². The lowest BCUT2D eigenvalue weighted by molar-refractivity contribution is -0.135. The van der Waals surface area contributed by atoms with Gasteiger partial charge in [-0.05, 0) is 59.7 Å². The second-order valence-corrected chi connectivity index (χ2v) is 7.03. The van der Waals surface area contributed by atoms with Crippen molar-refractivity contribution in [2.45, 2.75) is 44.6 Å². The summed E-state index contributed by atoms with van der Waals surface area (Å²) in [5.41, 5.74) is 0.989. The Morgan fingerprint density at radius 1 is 1.19 bits per heavy atom. The summed E-state index contributed by atoms with van der Waals surface area (Å²) >= 11 is 3.51. The first-order valence-electron chi connectivity index (χ1n) is 8.03. The molecular weight excluding hydrogens is 328 g/mol. The van der Waals surface area contributed by atoms with Crippen LogP contribution in [0.3, 0.4) is 0 Å². The van der Waals surface area contributed by atoms with E-state index in [0.29, 0.717) is 12.6 Å². The maximum atomic E-state index is 12.6. The molecule has 1 heterocycles. The molecule has 1 amide bonds. The summed E-state index contributed by atoms with van der Waals surface area (Å²) in [5.74, 6) is 1.00. The molecule has 0 spiro atoms. The highest BCUT2D eigenvalue weighted by molar-refractivity contribution is 9.10. The molecular formula is C17H23BrN2O. The lowest BCUT2D eigenvalue weighted by Crippen LogP contribution is -2.51. The number of fused-ring (bicyclic) bond motifs is 1. The number of piperidine rings is 1. The Morgan fingerprint density at radius 3 is 2.81 bits per heavy atom. The second-order valence-electron chi connectivity index (χ2n) is 6.17. The molecule has 0 aromatic heterocycles. The smallest absolute Gasteiger partial charge is 0.242 e. The average Bonchev–Trinajstić information content (AvgIpc) is 2.53. The summed E-state index contributed by atoms with van der Waals surface area (Å²) in [6.07, 6.45) is 7.62. The summed E-state index contributed by atoms with van der Waals surface area (Å²) in [6, 6.07) is 8.45. The monoisotopic (exact) mass is 350 g/mol. The van der Waals surface area contributed by atoms with Crippen molar-refractivity contribution in [3.63, 3.8) is 0 Å². The zero-order valence-electron chi connectivity index (χ0n) is 12.4. The van der Waals surface area contributed by atoms with Gasteiger partial charge in [-0.15, -0.1) is 0 Å². The van der Waals surface area contributed by atoms with E-state index in [1.807, 2.05) is 24.3 Å². The number of hydrogen-bond acceptors (Lipinski definition) is 2. The molecule has 0 radical (unpaired) electrons. The molecule has 2 aliphatic rings. The Balaban J connectivity index is 1.60. The number of hydrogen-bond donors (Lipinski definition) is 1. The van der Waals surface area contributed by atoms with Crippen LogP contribution in [-0.4, -0.2) is 29.9 Å². The van der Waals surface area contributed by atoms with Crippen LogP contribution in [0.5, 0.6) is 0 Å². The van der Waals surface area contributed by atoms with Gasteiger partial charge in [0.15, 0.2) is 0 Å². The Bertz CT molecular complexity index is 503. The van der Waals surface area contributed by atoms with Crippen molar-refractivity contribution >= 4 is 27.5 Å². The first-order valence-corrected chi connectivity index (χ1v) is 8.83. The molecule has 1 N–H and O–H groups in total. The number of nitrogens with one attached hydrogen (secondary N) is 1. The van der Waals surface area contributed by atoms with Gasteiger partial charge in [-0.1, -0.05) is 25.0 Å². The van der Waals surface area contributed by atoms with Crippen LogP contribution in [0, 0.1) is 5.92 Å². The molecule has 2 fully saturated rings. The van der Waals surface area contributed by atoms with Crippen LogP contribution in [0.15, 0.2) is 28.7 Å². The minimum Gasteiger partial charge on any atom is -0.375 e. The summed E-state index contributed by atoms with van der Waals surface area (Å²) in [4.78, 5) is 14.7. The van der Waals surface area contributed by atoms with Crippen LogP contribution in [0.25, 0.3) is 0 Å². The minimum absolute atomic E-state index is 0.252. The highest BCUT2D eigenvalue weighted by Crippen LogP contribution is 2.35. The fraction of sp³-hybridized carbons (Fsp3) is 0.588. The summed E-state index contributed by atoms with van der Waals surface area (Å²) in [7, 11) is 0. The van der Waals surface area contributed by atoms with Gasteiger partial charge < -0.3 is 10.2 Å². The number of para-hydroxylation sites is 1. The molecule has 2 unspecified atom stereocenters. The van der Waals surface area contributed by atoms with Gasteiger partial charge >= 0.3 is 0 Å². The minimum atomic E-state index is 0.252. The third kappa shape index (κ3) is 3.42. The van der Waals surface area contributed by atoms with Crippen LogP contribution in [0.4, 0.5) is 5.69 Å². The van der Waals surface area contributed by atoms with E-state index in [1.165, 1.54) is 38.5 Å². The maximum Gasteiger partial charge on any atom is 0.242 e. The van der Waals surface area contributed by atoms with Crippen molar-refractivity contribution < 1.29 is 4.79 Å². The number of carbonyl (C=O) groups is 1. The molecule has 2 atom stereocenters. The van der Waals surface area contributed by atoms with Crippen molar-refractivity contribution in [2.75, 3.05) is 18.4 Å². The fourth-order valence-electron chi connectivity index (χ4n) is 3.81. The zero-order valence-corrected chi connectivity index (χ0v) is 13.9. The van der Waals surface area contributed by atoms with Crippen molar-refractivity contribution in [1.82, 2.24) is 4.90 Å². The lowest BCUT2D eigenvalue weighted by Gasteiger charge is -2.44. The van der Waals surface area contributed by atoms with E-state index >= 15 is 0 Å². The van der Waals surface area contributed by atoms with Gasteiger partial charge in [-0.3, -0.25) is 4.79 Å². The Kier molecular flexibility index (Phi) is 4.84. The SMILES string of the molecule is O=C(CNc1ccccc1Br)N1CCCC2CCCCC21. The molecule has 114 valence electrons. The third-order valence-corrected chi connectivity index (χ3v) is 5.56. The molecule has 1 aromatic carbocycles. The van der Waals surface area contributed by atoms with E-state index in [4.69, 9.17) is 0 Å². The van der Waals surface area contributed by atoms with Gasteiger partial charge in [0.2, 0.25) is 5.91 Å². The van der Waals surface area contributed by atoms with Gasteiger partial charge in [-0.2, -0.15) is 0 Å². The van der Waals surface area contributed by atoms with Crippen molar-refractivity contribution in [1.29, 1.82) is 0 Å². The molecule has 3 nitrogen and oxygen atoms in total. The van der Waals surface area contributed by atoms with E-state index in [0.717, 1.165) is 22.6 Å². The van der Waals surface area contributed by atoms with Gasteiger partial charge in [0.1, 0.15) is 0 Å². The maximum absolute atomic E-state index is 12.6. The predicted molar refractivity (Wildman–Crippen MR) is 89.3 cm³/mol. The highest BCUT2D eigenvalue weighted by Gasteiger charge is 2.35. The molecule has 1 aromatic rings. The molecule has 3 rings (SSSR count). The molecule has 1 aliphatic heterocycles. The Labute approximate surface area is 135 Å². The van der Waals surface area contributed by atoms with E-state index < -0.39 is 0 Å². The van der Waals surface area contributed by atoms with Crippen molar-refractivity contribution in [3.8, 4) is 0 Å². The fourth-order valence-corrected chi connectivity index (χ4v) is 4.24. The number of nitrogens with zero attached hydrogens (tertiary/aromatic N) is 1. The molecule has 1 aliphatic carbocycles. The van der Waals surface area contributed by atoms with Crippen LogP contribution >= 0.6 is 15.9 Å². The van der Waals surface area contributed by atoms with Crippen LogP contribution in [0.1, 0.15) is 38.5 Å². The molecule has 21 heavy (non-hydrogen) atoms. The van der Waals surface area contributed by atoms with Crippen LogP contribution < -0.4 is 5.32 Å². The Morgan fingerprint density at radius 2 is 1.95 bits per heavy atom. The molecule has 0 bridgehead atoms. The van der Waals surface area contributed by atoms with Gasteiger partial charge in [0, 0.05) is 22.7 Å². The van der Waals surface area contributed by atoms with E-state index in [9.17, 15) is 4.79 Å². The summed E-state index contributed by atoms with van der Waals surface area (Å²) in [5, 5.41) is 3.27. The highest BCUT2D eigenvalue weighted by atomic mass is 79.9. The Hall–Kier alpha value is -1.03. The van der Waals surface area contributed by atoms with E-state index in [2.05, 4.69) is 26.1 Å². The van der Waals surface area contributed by atoms with Crippen molar-refractivity contribution in [3.05, 3.63) is 28.7 Å². The topological polar surface area (TPSA) is 32.3 Å². The van der Waals surface area contributed by atoms with Gasteiger partial charge in [0.25, 0.3) is 0 Å². The van der Waals surface area contributed by atoms with Gasteiger partial charge in [0.05, 0.1) is 6.54 Å². The average molecular weight is 351 g/mol.